The van der Waals surface area contributed by atoms with E-state index >= 15 is 0 Å². The molecule has 1 aliphatic carbocycles. The SMILES string of the molecule is CN1C(=O)[C@@H](NC(=O)/C(=N\OC2(C(=O)O)CC2)c2csc(N)n2)[C@H]1Cn1nnc(CNCCCN)n1. The Kier molecular flexibility index (Phi) is 7.41. The molecular weight excluding hydrogens is 494 g/mol. The number of amides is 2. The number of likely N-dealkylation sites (tertiary alicyclic amines) is 1. The van der Waals surface area contributed by atoms with Gasteiger partial charge >= 0.3 is 5.97 Å². The van der Waals surface area contributed by atoms with Crippen molar-refractivity contribution in [3.05, 3.63) is 16.9 Å². The first-order valence-corrected chi connectivity index (χ1v) is 12.1. The van der Waals surface area contributed by atoms with Gasteiger partial charge in [-0.1, -0.05) is 5.16 Å². The van der Waals surface area contributed by atoms with Gasteiger partial charge in [-0.15, -0.1) is 21.5 Å². The van der Waals surface area contributed by atoms with E-state index in [1.54, 1.807) is 7.05 Å². The average Bonchev–Trinajstić information content (AvgIpc) is 3.33. The van der Waals surface area contributed by atoms with Gasteiger partial charge in [0.25, 0.3) is 5.91 Å². The molecule has 0 spiro atoms. The van der Waals surface area contributed by atoms with Crippen LogP contribution in [0.5, 0.6) is 0 Å². The van der Waals surface area contributed by atoms with Crippen molar-refractivity contribution in [1.82, 2.24) is 40.7 Å². The molecule has 1 aliphatic heterocycles. The van der Waals surface area contributed by atoms with Crippen molar-refractivity contribution < 1.29 is 24.3 Å². The number of nitrogens with one attached hydrogen (secondary N) is 2. The molecule has 36 heavy (non-hydrogen) atoms. The average molecular weight is 522 g/mol. The monoisotopic (exact) mass is 521 g/mol. The maximum Gasteiger partial charge on any atom is 0.350 e. The molecule has 0 aromatic carbocycles. The molecule has 2 fully saturated rings. The molecule has 4 rings (SSSR count). The fraction of sp³-hybridized carbons (Fsp3) is 0.579. The maximum absolute atomic E-state index is 13.1. The number of carboxylic acids is 1. The van der Waals surface area contributed by atoms with Crippen LogP contribution in [0.15, 0.2) is 10.5 Å². The molecule has 2 aliphatic rings. The molecule has 2 aromatic heterocycles. The first-order valence-electron chi connectivity index (χ1n) is 11.2. The molecule has 2 atom stereocenters. The first-order chi connectivity index (χ1) is 17.2. The summed E-state index contributed by atoms with van der Waals surface area (Å²) in [5, 5.41) is 32.9. The van der Waals surface area contributed by atoms with E-state index in [4.69, 9.17) is 16.3 Å². The number of tetrazole rings is 1. The lowest BCUT2D eigenvalue weighted by Crippen LogP contribution is -2.71. The van der Waals surface area contributed by atoms with Crippen LogP contribution in [0.1, 0.15) is 30.8 Å². The number of rotatable bonds is 13. The molecule has 0 unspecified atom stereocenters. The Bertz CT molecular complexity index is 1160. The lowest BCUT2D eigenvalue weighted by molar-refractivity contribution is -0.153. The Hall–Kier alpha value is -3.70. The van der Waals surface area contributed by atoms with E-state index in [9.17, 15) is 19.5 Å². The highest BCUT2D eigenvalue weighted by molar-refractivity contribution is 7.13. The number of nitrogens with two attached hydrogens (primary N) is 2. The highest BCUT2D eigenvalue weighted by atomic mass is 32.1. The lowest BCUT2D eigenvalue weighted by atomic mass is 9.95. The number of thiazole rings is 1. The van der Waals surface area contributed by atoms with Crippen LogP contribution >= 0.6 is 11.3 Å². The van der Waals surface area contributed by atoms with Crippen molar-refractivity contribution in [3.8, 4) is 0 Å². The number of likely N-dealkylation sites (N-methyl/N-ethyl adjacent to an activating group) is 1. The topological polar surface area (TPSA) is 229 Å². The number of aromatic nitrogens is 5. The minimum absolute atomic E-state index is 0.109. The van der Waals surface area contributed by atoms with Crippen LogP contribution in [0.2, 0.25) is 0 Å². The van der Waals surface area contributed by atoms with Crippen molar-refractivity contribution in [2.24, 2.45) is 10.9 Å². The van der Waals surface area contributed by atoms with Gasteiger partial charge in [0.15, 0.2) is 16.7 Å². The third kappa shape index (κ3) is 5.42. The van der Waals surface area contributed by atoms with Crippen molar-refractivity contribution >= 4 is 40.0 Å². The van der Waals surface area contributed by atoms with Gasteiger partial charge in [-0.2, -0.15) is 4.80 Å². The zero-order valence-corrected chi connectivity index (χ0v) is 20.3. The van der Waals surface area contributed by atoms with Gasteiger partial charge in [-0.05, 0) is 24.7 Å². The van der Waals surface area contributed by atoms with Crippen LogP contribution in [-0.4, -0.2) is 96.5 Å². The Balaban J connectivity index is 1.43. The lowest BCUT2D eigenvalue weighted by Gasteiger charge is -2.44. The number of carbonyl (C=O) groups excluding carboxylic acids is 2. The molecular formula is C19H27N11O5S. The van der Waals surface area contributed by atoms with Gasteiger partial charge in [-0.25, -0.2) is 9.78 Å². The van der Waals surface area contributed by atoms with E-state index < -0.39 is 29.6 Å². The van der Waals surface area contributed by atoms with Crippen LogP contribution in [-0.2, 0) is 32.3 Å². The molecule has 1 saturated carbocycles. The van der Waals surface area contributed by atoms with Crippen molar-refractivity contribution in [1.29, 1.82) is 0 Å². The number of anilines is 1. The third-order valence-corrected chi connectivity index (χ3v) is 6.53. The van der Waals surface area contributed by atoms with Gasteiger partial charge in [0.2, 0.25) is 11.5 Å². The number of hydrogen-bond acceptors (Lipinski definition) is 13. The number of aliphatic carboxylic acids is 1. The Morgan fingerprint density at radius 1 is 1.42 bits per heavy atom. The number of nitrogens with zero attached hydrogens (tertiary/aromatic N) is 7. The van der Waals surface area contributed by atoms with E-state index in [2.05, 4.69) is 36.2 Å². The van der Waals surface area contributed by atoms with Gasteiger partial charge in [-0.3, -0.25) is 9.59 Å². The summed E-state index contributed by atoms with van der Waals surface area (Å²) < 4.78 is 0. The fourth-order valence-electron chi connectivity index (χ4n) is 3.50. The largest absolute Gasteiger partial charge is 0.478 e. The van der Waals surface area contributed by atoms with Gasteiger partial charge in [0.05, 0.1) is 19.1 Å². The highest BCUT2D eigenvalue weighted by Gasteiger charge is 2.55. The van der Waals surface area contributed by atoms with E-state index in [-0.39, 0.29) is 41.8 Å². The molecule has 0 bridgehead atoms. The molecule has 16 nitrogen and oxygen atoms in total. The highest BCUT2D eigenvalue weighted by Crippen LogP contribution is 2.40. The number of β-lactam (4-membered cyclic amide) rings is 1. The minimum Gasteiger partial charge on any atom is -0.478 e. The Morgan fingerprint density at radius 2 is 2.19 bits per heavy atom. The molecule has 3 heterocycles. The molecule has 1 saturated heterocycles. The third-order valence-electron chi connectivity index (χ3n) is 5.85. The second-order valence-corrected chi connectivity index (χ2v) is 9.34. The van der Waals surface area contributed by atoms with Crippen LogP contribution < -0.4 is 22.1 Å². The number of oxime groups is 1. The Morgan fingerprint density at radius 3 is 2.83 bits per heavy atom. The van der Waals surface area contributed by atoms with E-state index in [0.29, 0.717) is 18.9 Å². The molecule has 194 valence electrons. The van der Waals surface area contributed by atoms with Crippen LogP contribution in [0.4, 0.5) is 5.13 Å². The zero-order chi connectivity index (χ0) is 25.9. The second kappa shape index (κ2) is 10.5. The summed E-state index contributed by atoms with van der Waals surface area (Å²) in [4.78, 5) is 49.1. The normalized spacial score (nSPS) is 20.7. The summed E-state index contributed by atoms with van der Waals surface area (Å²) >= 11 is 1.08. The summed E-state index contributed by atoms with van der Waals surface area (Å²) in [5.74, 6) is -1.76. The summed E-state index contributed by atoms with van der Waals surface area (Å²) in [6, 6.07) is -1.35. The number of hydrogen-bond donors (Lipinski definition) is 5. The van der Waals surface area contributed by atoms with Crippen molar-refractivity contribution in [2.75, 3.05) is 25.9 Å². The number of nitrogen functional groups attached to an aromatic ring is 1. The van der Waals surface area contributed by atoms with E-state index in [1.807, 2.05) is 0 Å². The van der Waals surface area contributed by atoms with Gasteiger partial charge in [0.1, 0.15) is 11.7 Å². The second-order valence-electron chi connectivity index (χ2n) is 8.45. The molecule has 17 heteroatoms. The van der Waals surface area contributed by atoms with Crippen LogP contribution in [0.25, 0.3) is 0 Å². The maximum atomic E-state index is 13.1. The number of carbonyl (C=O) groups is 3. The van der Waals surface area contributed by atoms with E-state index in [0.717, 1.165) is 24.3 Å². The number of carboxylic acid groups (broad SMARTS) is 1. The van der Waals surface area contributed by atoms with Crippen LogP contribution in [0.3, 0.4) is 0 Å². The summed E-state index contributed by atoms with van der Waals surface area (Å²) in [6.45, 7) is 1.92. The zero-order valence-electron chi connectivity index (χ0n) is 19.5. The predicted molar refractivity (Wildman–Crippen MR) is 125 cm³/mol. The molecule has 0 radical (unpaired) electrons. The smallest absolute Gasteiger partial charge is 0.350 e. The van der Waals surface area contributed by atoms with Crippen LogP contribution in [0, 0.1) is 0 Å². The fourth-order valence-corrected chi connectivity index (χ4v) is 4.04. The minimum atomic E-state index is -1.46. The standard InChI is InChI=1S/C19H27N11O5S/c1-29-11(8-30-26-12(25-28-30)7-22-6-2-5-20)14(16(29)32)24-15(31)13(10-9-36-18(21)23-10)27-35-19(3-4-19)17(33)34/h9,11,14,22H,2-8,20H2,1H3,(H2,21,23)(H,24,31)(H,33,34)/b27-13-/t11-,14+/m1/s1. The van der Waals surface area contributed by atoms with Crippen molar-refractivity contribution in [2.45, 2.75) is 50.0 Å². The summed E-state index contributed by atoms with van der Waals surface area (Å²) in [7, 11) is 1.60. The molecule has 7 N–H and O–H groups in total. The van der Waals surface area contributed by atoms with Gasteiger partial charge < -0.3 is 36.9 Å². The molecule has 2 amide bonds. The Labute approximate surface area is 209 Å². The summed E-state index contributed by atoms with van der Waals surface area (Å²) in [5.41, 5.74) is 9.52. The van der Waals surface area contributed by atoms with Gasteiger partial charge in [0, 0.05) is 25.3 Å². The predicted octanol–water partition coefficient (Wildman–Crippen LogP) is -2.49. The summed E-state index contributed by atoms with van der Waals surface area (Å²) in [6.07, 6.45) is 1.36. The van der Waals surface area contributed by atoms with Crippen molar-refractivity contribution in [3.63, 3.8) is 0 Å². The quantitative estimate of drug-likeness (QED) is 0.0798. The first kappa shape index (κ1) is 25.4. The molecule has 2 aromatic rings. The van der Waals surface area contributed by atoms with E-state index in [1.165, 1.54) is 15.1 Å².